The zero-order valence-corrected chi connectivity index (χ0v) is 15.1. The van der Waals surface area contributed by atoms with Crippen LogP contribution in [0.15, 0.2) is 12.1 Å². The van der Waals surface area contributed by atoms with Crippen LogP contribution in [-0.4, -0.2) is 29.1 Å². The summed E-state index contributed by atoms with van der Waals surface area (Å²) in [6.45, 7) is 2.72. The Morgan fingerprint density at radius 1 is 1.48 bits per heavy atom. The minimum atomic E-state index is -0.214. The molecule has 3 nitrogen and oxygen atoms in total. The lowest BCUT2D eigenvalue weighted by Crippen LogP contribution is -2.17. The highest BCUT2D eigenvalue weighted by Gasteiger charge is 2.19. The van der Waals surface area contributed by atoms with Crippen LogP contribution in [0.1, 0.15) is 31.6 Å². The van der Waals surface area contributed by atoms with Crippen LogP contribution < -0.4 is 0 Å². The first-order valence-corrected chi connectivity index (χ1v) is 8.64. The number of aromatic nitrogens is 2. The average Bonchev–Trinajstić information content (AvgIpc) is 2.77. The van der Waals surface area contributed by atoms with Gasteiger partial charge in [0.1, 0.15) is 11.6 Å². The summed E-state index contributed by atoms with van der Waals surface area (Å²) in [5.41, 5.74) is 1.64. The lowest BCUT2D eigenvalue weighted by molar-refractivity contribution is 0.151. The average molecular weight is 425 g/mol. The summed E-state index contributed by atoms with van der Waals surface area (Å²) in [7, 11) is 1.69. The molecule has 21 heavy (non-hydrogen) atoms. The normalized spacial score (nSPS) is 13.0. The molecule has 2 aromatic rings. The molecule has 0 spiro atoms. The van der Waals surface area contributed by atoms with Crippen molar-refractivity contribution >= 4 is 45.2 Å². The SMILES string of the molecule is CCCC(COC)n1c(CCCl)nc2cc(I)c(F)cc21. The molecule has 0 saturated carbocycles. The maximum atomic E-state index is 14.0. The van der Waals surface area contributed by atoms with Crippen molar-refractivity contribution in [2.24, 2.45) is 0 Å². The van der Waals surface area contributed by atoms with Crippen molar-refractivity contribution in [3.8, 4) is 0 Å². The lowest BCUT2D eigenvalue weighted by Gasteiger charge is -2.20. The maximum Gasteiger partial charge on any atom is 0.138 e. The van der Waals surface area contributed by atoms with E-state index in [2.05, 4.69) is 16.5 Å². The highest BCUT2D eigenvalue weighted by molar-refractivity contribution is 14.1. The fourth-order valence-corrected chi connectivity index (χ4v) is 3.24. The van der Waals surface area contributed by atoms with Crippen LogP contribution in [-0.2, 0) is 11.2 Å². The molecule has 1 aromatic heterocycles. The van der Waals surface area contributed by atoms with Crippen LogP contribution in [0.25, 0.3) is 11.0 Å². The summed E-state index contributed by atoms with van der Waals surface area (Å²) >= 11 is 7.89. The summed E-state index contributed by atoms with van der Waals surface area (Å²) in [5, 5.41) is 0. The molecule has 0 bridgehead atoms. The van der Waals surface area contributed by atoms with Gasteiger partial charge in [0.05, 0.1) is 27.3 Å². The number of nitrogens with zero attached hydrogens (tertiary/aromatic N) is 2. The van der Waals surface area contributed by atoms with Gasteiger partial charge in [0, 0.05) is 25.5 Å². The van der Waals surface area contributed by atoms with E-state index in [-0.39, 0.29) is 11.9 Å². The minimum Gasteiger partial charge on any atom is -0.383 e. The number of aryl methyl sites for hydroxylation is 1. The third-order valence-corrected chi connectivity index (χ3v) is 4.48. The number of fused-ring (bicyclic) bond motifs is 1. The number of hydrogen-bond donors (Lipinski definition) is 0. The number of alkyl halides is 1. The van der Waals surface area contributed by atoms with Crippen LogP contribution in [0.2, 0.25) is 0 Å². The molecule has 2 rings (SSSR count). The quantitative estimate of drug-likeness (QED) is 0.482. The second-order valence-corrected chi connectivity index (χ2v) is 6.53. The Bertz CT molecular complexity index is 611. The first kappa shape index (κ1) is 17.0. The molecule has 0 amide bonds. The van der Waals surface area contributed by atoms with Crippen molar-refractivity contribution in [3.63, 3.8) is 0 Å². The van der Waals surface area contributed by atoms with E-state index < -0.39 is 0 Å². The molecule has 1 atom stereocenters. The summed E-state index contributed by atoms with van der Waals surface area (Å²) in [6.07, 6.45) is 2.65. The van der Waals surface area contributed by atoms with Crippen LogP contribution in [0.3, 0.4) is 0 Å². The summed E-state index contributed by atoms with van der Waals surface area (Å²) in [4.78, 5) is 4.64. The summed E-state index contributed by atoms with van der Waals surface area (Å²) in [6, 6.07) is 3.51. The molecular weight excluding hydrogens is 406 g/mol. The molecule has 0 fully saturated rings. The van der Waals surface area contributed by atoms with Crippen LogP contribution in [0.4, 0.5) is 4.39 Å². The van der Waals surface area contributed by atoms with E-state index in [4.69, 9.17) is 16.3 Å². The Hall–Kier alpha value is -0.400. The molecule has 0 N–H and O–H groups in total. The molecule has 1 aromatic carbocycles. The van der Waals surface area contributed by atoms with E-state index in [1.807, 2.05) is 22.6 Å². The largest absolute Gasteiger partial charge is 0.383 e. The van der Waals surface area contributed by atoms with Crippen molar-refractivity contribution < 1.29 is 9.13 Å². The highest BCUT2D eigenvalue weighted by Crippen LogP contribution is 2.27. The Labute approximate surface area is 143 Å². The van der Waals surface area contributed by atoms with Gasteiger partial charge in [0.15, 0.2) is 0 Å². The Morgan fingerprint density at radius 3 is 2.86 bits per heavy atom. The van der Waals surface area contributed by atoms with Gasteiger partial charge < -0.3 is 9.30 Å². The molecule has 0 aliphatic heterocycles. The van der Waals surface area contributed by atoms with E-state index in [0.29, 0.717) is 22.5 Å². The van der Waals surface area contributed by atoms with Gasteiger partial charge in [-0.05, 0) is 35.1 Å². The number of methoxy groups -OCH3 is 1. The standard InChI is InChI=1S/C15H19ClFIN2O/c1-3-4-10(9-21-2)20-14-7-11(17)12(18)8-13(14)19-15(20)5-6-16/h7-8,10H,3-6,9H2,1-2H3. The fraction of sp³-hybridized carbons (Fsp3) is 0.533. The number of rotatable bonds is 7. The molecule has 0 aliphatic carbocycles. The van der Waals surface area contributed by atoms with Gasteiger partial charge >= 0.3 is 0 Å². The Balaban J connectivity index is 2.60. The van der Waals surface area contributed by atoms with E-state index >= 15 is 0 Å². The lowest BCUT2D eigenvalue weighted by atomic mass is 10.1. The topological polar surface area (TPSA) is 27.1 Å². The third kappa shape index (κ3) is 3.68. The van der Waals surface area contributed by atoms with Crippen molar-refractivity contribution in [3.05, 3.63) is 27.3 Å². The van der Waals surface area contributed by atoms with Crippen LogP contribution in [0.5, 0.6) is 0 Å². The van der Waals surface area contributed by atoms with Crippen LogP contribution >= 0.6 is 34.2 Å². The fourth-order valence-electron chi connectivity index (χ4n) is 2.62. The highest BCUT2D eigenvalue weighted by atomic mass is 127. The van der Waals surface area contributed by atoms with Crippen molar-refractivity contribution in [1.29, 1.82) is 0 Å². The predicted molar refractivity (Wildman–Crippen MR) is 92.7 cm³/mol. The second kappa shape index (κ2) is 7.74. The maximum absolute atomic E-state index is 14.0. The number of hydrogen-bond acceptors (Lipinski definition) is 2. The van der Waals surface area contributed by atoms with Crippen molar-refractivity contribution in [2.75, 3.05) is 19.6 Å². The molecule has 1 unspecified atom stereocenters. The minimum absolute atomic E-state index is 0.155. The van der Waals surface area contributed by atoms with Crippen molar-refractivity contribution in [2.45, 2.75) is 32.2 Å². The van der Waals surface area contributed by atoms with E-state index in [1.165, 1.54) is 0 Å². The number of halogens is 3. The van der Waals surface area contributed by atoms with E-state index in [9.17, 15) is 4.39 Å². The number of ether oxygens (including phenoxy) is 1. The van der Waals surface area contributed by atoms with E-state index in [0.717, 1.165) is 29.7 Å². The van der Waals surface area contributed by atoms with Gasteiger partial charge in [0.2, 0.25) is 0 Å². The summed E-state index contributed by atoms with van der Waals surface area (Å²) in [5.74, 6) is 1.18. The van der Waals surface area contributed by atoms with Gasteiger partial charge in [-0.1, -0.05) is 13.3 Å². The molecule has 1 heterocycles. The number of benzene rings is 1. The Kier molecular flexibility index (Phi) is 6.25. The zero-order valence-electron chi connectivity index (χ0n) is 12.2. The van der Waals surface area contributed by atoms with Gasteiger partial charge in [-0.2, -0.15) is 0 Å². The van der Waals surface area contributed by atoms with Gasteiger partial charge in [-0.3, -0.25) is 0 Å². The molecular formula is C15H19ClFIN2O. The van der Waals surface area contributed by atoms with Crippen LogP contribution in [0, 0.1) is 9.39 Å². The predicted octanol–water partition coefficient (Wildman–Crippen LogP) is 4.55. The van der Waals surface area contributed by atoms with Gasteiger partial charge in [0.25, 0.3) is 0 Å². The first-order chi connectivity index (χ1) is 10.1. The zero-order chi connectivity index (χ0) is 15.4. The summed E-state index contributed by atoms with van der Waals surface area (Å²) < 4.78 is 22.0. The molecule has 116 valence electrons. The molecule has 0 radical (unpaired) electrons. The molecule has 0 aliphatic rings. The van der Waals surface area contributed by atoms with Gasteiger partial charge in [-0.25, -0.2) is 9.37 Å². The third-order valence-electron chi connectivity index (χ3n) is 3.47. The number of imidazole rings is 1. The monoisotopic (exact) mass is 424 g/mol. The second-order valence-electron chi connectivity index (χ2n) is 4.99. The first-order valence-electron chi connectivity index (χ1n) is 7.03. The van der Waals surface area contributed by atoms with Gasteiger partial charge in [-0.15, -0.1) is 11.6 Å². The molecule has 6 heteroatoms. The van der Waals surface area contributed by atoms with Crippen molar-refractivity contribution in [1.82, 2.24) is 9.55 Å². The van der Waals surface area contributed by atoms with E-state index in [1.54, 1.807) is 19.2 Å². The molecule has 0 saturated heterocycles. The Morgan fingerprint density at radius 2 is 2.24 bits per heavy atom. The smallest absolute Gasteiger partial charge is 0.138 e.